The average Bonchev–Trinajstić information content (AvgIpc) is 4.17. The first kappa shape index (κ1) is 63.2. The Morgan fingerprint density at radius 2 is 1.19 bits per heavy atom. The summed E-state index contributed by atoms with van der Waals surface area (Å²) in [4.78, 5) is 153. The van der Waals surface area contributed by atoms with Crippen molar-refractivity contribution in [1.29, 1.82) is 0 Å². The van der Waals surface area contributed by atoms with E-state index in [1.54, 1.807) is 80.9 Å². The Bertz CT molecular complexity index is 2940. The van der Waals surface area contributed by atoms with E-state index in [2.05, 4.69) is 46.5 Å². The highest BCUT2D eigenvalue weighted by Gasteiger charge is 2.37. The molecule has 2 aromatic heterocycles. The lowest BCUT2D eigenvalue weighted by atomic mass is 10.1. The molecule has 2 fully saturated rings. The van der Waals surface area contributed by atoms with Gasteiger partial charge in [-0.3, -0.25) is 68.1 Å². The fourth-order valence-corrected chi connectivity index (χ4v) is 9.29. The summed E-state index contributed by atoms with van der Waals surface area (Å²) < 4.78 is 0. The second-order valence-corrected chi connectivity index (χ2v) is 20.0. The highest BCUT2D eigenvalue weighted by Crippen LogP contribution is 2.23. The van der Waals surface area contributed by atoms with E-state index in [0.717, 1.165) is 0 Å². The number of aromatic nitrogens is 4. The van der Waals surface area contributed by atoms with Crippen LogP contribution in [0.1, 0.15) is 59.0 Å². The van der Waals surface area contributed by atoms with Crippen LogP contribution < -0.4 is 37.2 Å². The number of aliphatic carboxylic acids is 4. The number of hydrogen-bond acceptors (Lipinski definition) is 20. The highest BCUT2D eigenvalue weighted by atomic mass is 16.4. The van der Waals surface area contributed by atoms with Crippen molar-refractivity contribution in [3.63, 3.8) is 0 Å². The van der Waals surface area contributed by atoms with E-state index in [1.807, 2.05) is 0 Å². The maximum atomic E-state index is 13.5. The van der Waals surface area contributed by atoms with Gasteiger partial charge in [0.1, 0.15) is 18.1 Å². The predicted octanol–water partition coefficient (Wildman–Crippen LogP) is -1.94. The average molecular weight is 1160 g/mol. The summed E-state index contributed by atoms with van der Waals surface area (Å²) >= 11 is 0. The lowest BCUT2D eigenvalue weighted by molar-refractivity contribution is -0.140. The zero-order chi connectivity index (χ0) is 60.2. The van der Waals surface area contributed by atoms with Crippen molar-refractivity contribution in [2.75, 3.05) is 121 Å². The van der Waals surface area contributed by atoms with E-state index >= 15 is 0 Å². The number of nitrogens with two attached hydrogens (primary N) is 1. The molecule has 30 nitrogen and oxygen atoms in total. The van der Waals surface area contributed by atoms with E-state index in [9.17, 15) is 68.4 Å². The second-order valence-electron chi connectivity index (χ2n) is 20.0. The Balaban J connectivity index is 0.930. The van der Waals surface area contributed by atoms with Gasteiger partial charge in [0.2, 0.25) is 29.6 Å². The van der Waals surface area contributed by atoms with Crippen LogP contribution >= 0.6 is 0 Å². The van der Waals surface area contributed by atoms with Gasteiger partial charge >= 0.3 is 23.9 Å². The normalized spacial score (nSPS) is 16.5. The molecule has 2 saturated heterocycles. The minimum atomic E-state index is -1.42. The highest BCUT2D eigenvalue weighted by molar-refractivity contribution is 6.01. The lowest BCUT2D eigenvalue weighted by Gasteiger charge is -2.32. The molecule has 2 aliphatic heterocycles. The van der Waals surface area contributed by atoms with Gasteiger partial charge < -0.3 is 57.2 Å². The number of rotatable bonds is 25. The summed E-state index contributed by atoms with van der Waals surface area (Å²) in [5, 5.41) is 51.3. The van der Waals surface area contributed by atoms with Gasteiger partial charge in [-0.25, -0.2) is 14.8 Å². The van der Waals surface area contributed by atoms with Crippen molar-refractivity contribution in [3.8, 4) is 0 Å². The molecule has 2 aliphatic rings. The van der Waals surface area contributed by atoms with Gasteiger partial charge in [-0.15, -0.1) is 0 Å². The number of nitrogens with one attached hydrogen (secondary N) is 5. The van der Waals surface area contributed by atoms with E-state index in [-0.39, 0.29) is 140 Å². The van der Waals surface area contributed by atoms with Gasteiger partial charge in [0.15, 0.2) is 17.0 Å². The first-order chi connectivity index (χ1) is 39.6. The van der Waals surface area contributed by atoms with Gasteiger partial charge in [0.05, 0.1) is 44.6 Å². The monoisotopic (exact) mass is 1150 g/mol. The number of carbonyl (C=O) groups is 10. The maximum Gasteiger partial charge on any atom is 0.326 e. The Morgan fingerprint density at radius 1 is 0.663 bits per heavy atom. The number of nitrogens with zero attached hydrogens (tertiary/aromatic N) is 10. The van der Waals surface area contributed by atoms with Crippen LogP contribution in [-0.4, -0.2) is 248 Å². The number of likely N-dealkylation sites (tertiary alicyclic amines) is 1. The maximum absolute atomic E-state index is 13.5. The molecule has 3 atom stereocenters. The van der Waals surface area contributed by atoms with Crippen LogP contribution in [0.4, 0.5) is 17.5 Å². The fourth-order valence-electron chi connectivity index (χ4n) is 9.29. The Hall–Kier alpha value is -9.00. The molecule has 4 aromatic rings. The first-order valence-corrected chi connectivity index (χ1v) is 26.8. The van der Waals surface area contributed by atoms with Crippen molar-refractivity contribution in [3.05, 3.63) is 77.6 Å². The molecule has 2 aromatic carbocycles. The quantitative estimate of drug-likeness (QED) is 0.0323. The molecule has 83 heavy (non-hydrogen) atoms. The molecule has 0 aliphatic carbocycles. The molecule has 446 valence electrons. The lowest BCUT2D eigenvalue weighted by Crippen LogP contribution is -2.51. The topological polar surface area (TPSA) is 409 Å². The number of anilines is 3. The third-order valence-electron chi connectivity index (χ3n) is 13.7. The van der Waals surface area contributed by atoms with E-state index in [0.29, 0.717) is 36.3 Å². The summed E-state index contributed by atoms with van der Waals surface area (Å²) in [5.41, 5.74) is 8.22. The molecular formula is C53H70N16O14. The molecule has 4 heterocycles. The van der Waals surface area contributed by atoms with Crippen LogP contribution in [0.3, 0.4) is 0 Å². The van der Waals surface area contributed by atoms with Crippen LogP contribution in [0.25, 0.3) is 11.2 Å². The molecule has 11 N–H and O–H groups in total. The van der Waals surface area contributed by atoms with Crippen molar-refractivity contribution >= 4 is 87.9 Å². The minimum Gasteiger partial charge on any atom is -0.480 e. The summed E-state index contributed by atoms with van der Waals surface area (Å²) in [6, 6.07) is 11.6. The Labute approximate surface area is 476 Å². The van der Waals surface area contributed by atoms with Crippen LogP contribution in [-0.2, 0) is 44.9 Å². The van der Waals surface area contributed by atoms with Crippen molar-refractivity contribution < 1.29 is 68.4 Å². The van der Waals surface area contributed by atoms with E-state index in [1.165, 1.54) is 23.2 Å². The number of carbonyl (C=O) groups excluding carboxylic acids is 6. The number of amides is 6. The second kappa shape index (κ2) is 30.7. The molecule has 6 rings (SSSR count). The molecule has 30 heteroatoms. The summed E-state index contributed by atoms with van der Waals surface area (Å²) in [6.45, 7) is 2.86. The number of carboxylic acid groups (broad SMARTS) is 4. The zero-order valence-electron chi connectivity index (χ0n) is 46.1. The van der Waals surface area contributed by atoms with E-state index < -0.39 is 77.4 Å². The standard InChI is InChI=1S/C53H70N16O14/c1-33(58-48(78)34-7-4-3-5-8-34)51(81)69-18-6-9-39(69)50(80)63-53-61-46(54)45-47(62-53)57-27-36(59-45)28-64(2)37-12-10-35(11-13-37)49(79)60-38(52(82)83)14-15-40(70)55-16-17-56-41(71)29-65-19-21-66(30-42(72)73)23-25-68(32-44(76)77)26-24-67(22-20-65)31-43(74)75/h3-5,7-8,10-13,27,33,38-39H,6,9,14-26,28-32H2,1-2H3,(H,55,70)(H,56,71)(H,58,78)(H,60,79)(H,72,73)(H,74,75)(H,76,77)(H,82,83)(H3,54,57,61,62,63,80)/t33-,38+,39+/m1/s1. The Morgan fingerprint density at radius 3 is 1.75 bits per heavy atom. The van der Waals surface area contributed by atoms with E-state index in [4.69, 9.17) is 5.73 Å². The van der Waals surface area contributed by atoms with Crippen LogP contribution in [0, 0.1) is 0 Å². The number of fused-ring (bicyclic) bond motifs is 1. The van der Waals surface area contributed by atoms with Crippen LogP contribution in [0.2, 0.25) is 0 Å². The molecule has 6 amide bonds. The summed E-state index contributed by atoms with van der Waals surface area (Å²) in [5.74, 6) is -7.81. The number of hydrogen-bond donors (Lipinski definition) is 10. The molecule has 0 saturated carbocycles. The third-order valence-corrected chi connectivity index (χ3v) is 13.7. The fraction of sp³-hybridized carbons (Fsp3) is 0.472. The summed E-state index contributed by atoms with van der Waals surface area (Å²) in [7, 11) is 1.76. The van der Waals surface area contributed by atoms with Crippen LogP contribution in [0.5, 0.6) is 0 Å². The molecule has 0 unspecified atom stereocenters. The molecule has 0 bridgehead atoms. The smallest absolute Gasteiger partial charge is 0.326 e. The van der Waals surface area contributed by atoms with Crippen LogP contribution in [0.15, 0.2) is 60.8 Å². The first-order valence-electron chi connectivity index (χ1n) is 26.8. The van der Waals surface area contributed by atoms with Gasteiger partial charge in [0.25, 0.3) is 11.8 Å². The predicted molar refractivity (Wildman–Crippen MR) is 298 cm³/mol. The molecular weight excluding hydrogens is 1080 g/mol. The molecule has 0 spiro atoms. The third kappa shape index (κ3) is 19.9. The van der Waals surface area contributed by atoms with Crippen molar-refractivity contribution in [2.24, 2.45) is 0 Å². The van der Waals surface area contributed by atoms with Gasteiger partial charge in [-0.05, 0) is 62.6 Å². The van der Waals surface area contributed by atoms with Gasteiger partial charge in [-0.1, -0.05) is 18.2 Å². The summed E-state index contributed by atoms with van der Waals surface area (Å²) in [6.07, 6.45) is 1.90. The van der Waals surface area contributed by atoms with Gasteiger partial charge in [-0.2, -0.15) is 9.97 Å². The number of benzene rings is 2. The minimum absolute atomic E-state index is 0.00773. The largest absolute Gasteiger partial charge is 0.480 e. The molecule has 0 radical (unpaired) electrons. The SMILES string of the molecule is C[C@@H](NC(=O)c1ccccc1)C(=O)N1CCC[C@H]1C(=O)Nc1nc(N)c2nc(CN(C)c3ccc(C(=O)N[C@@H](CCC(=O)NCCNC(=O)CN4CCN(CC(=O)O)CCN(CC(=O)O)CCN(CC(=O)O)CC4)C(=O)O)cc3)cnc2n1. The van der Waals surface area contributed by atoms with Crippen molar-refractivity contribution in [2.45, 2.75) is 57.3 Å². The number of carboxylic acids is 4. The Kier molecular flexibility index (Phi) is 23.4. The van der Waals surface area contributed by atoms with Gasteiger partial charge in [0, 0.05) is 102 Å². The van der Waals surface area contributed by atoms with Crippen molar-refractivity contribution in [1.82, 2.24) is 65.7 Å². The zero-order valence-corrected chi connectivity index (χ0v) is 46.1. The number of nitrogen functional groups attached to an aromatic ring is 1.